The first-order valence-electron chi connectivity index (χ1n) is 5.61. The first kappa shape index (κ1) is 14.8. The molecule has 0 aromatic heterocycles. The molecule has 1 unspecified atom stereocenters. The van der Waals surface area contributed by atoms with E-state index in [1.165, 1.54) is 25.1 Å². The van der Waals surface area contributed by atoms with Gasteiger partial charge in [-0.1, -0.05) is 12.1 Å². The van der Waals surface area contributed by atoms with Crippen LogP contribution in [0.15, 0.2) is 29.2 Å². The van der Waals surface area contributed by atoms with Crippen LogP contribution in [0, 0.1) is 0 Å². The summed E-state index contributed by atoms with van der Waals surface area (Å²) >= 11 is 0. The number of benzene rings is 1. The average molecular weight is 271 g/mol. The standard InChI is InChI=1S/C12H17NO4S/c1-9(14)6-7-13-18(16,17)12-5-3-4-11(8-12)10(2)15/h3-5,8-9,13-14H,6-7H2,1-2H3. The number of carbonyl (C=O) groups excluding carboxylic acids is 1. The van der Waals surface area contributed by atoms with Crippen molar-refractivity contribution < 1.29 is 18.3 Å². The Hall–Kier alpha value is -1.24. The Labute approximate surface area is 107 Å². The maximum Gasteiger partial charge on any atom is 0.240 e. The van der Waals surface area contributed by atoms with Crippen LogP contribution in [0.25, 0.3) is 0 Å². The molecule has 1 aromatic rings. The Morgan fingerprint density at radius 1 is 1.44 bits per heavy atom. The van der Waals surface area contributed by atoms with Crippen molar-refractivity contribution in [3.63, 3.8) is 0 Å². The van der Waals surface area contributed by atoms with E-state index in [0.29, 0.717) is 12.0 Å². The molecular weight excluding hydrogens is 254 g/mol. The molecule has 6 heteroatoms. The van der Waals surface area contributed by atoms with E-state index in [1.54, 1.807) is 13.0 Å². The number of nitrogens with one attached hydrogen (secondary N) is 1. The smallest absolute Gasteiger partial charge is 0.240 e. The fourth-order valence-corrected chi connectivity index (χ4v) is 2.46. The van der Waals surface area contributed by atoms with Crippen molar-refractivity contribution in [2.75, 3.05) is 6.54 Å². The minimum atomic E-state index is -3.63. The first-order valence-corrected chi connectivity index (χ1v) is 7.10. The van der Waals surface area contributed by atoms with E-state index in [1.807, 2.05) is 0 Å². The summed E-state index contributed by atoms with van der Waals surface area (Å²) < 4.78 is 26.1. The molecule has 5 nitrogen and oxygen atoms in total. The van der Waals surface area contributed by atoms with Crippen LogP contribution in [0.3, 0.4) is 0 Å². The fourth-order valence-electron chi connectivity index (χ4n) is 1.37. The second-order valence-electron chi connectivity index (χ2n) is 4.12. The van der Waals surface area contributed by atoms with Gasteiger partial charge in [0.05, 0.1) is 11.0 Å². The van der Waals surface area contributed by atoms with Crippen LogP contribution in [-0.2, 0) is 10.0 Å². The topological polar surface area (TPSA) is 83.5 Å². The number of aliphatic hydroxyl groups excluding tert-OH is 1. The third-order valence-electron chi connectivity index (χ3n) is 2.41. The van der Waals surface area contributed by atoms with Gasteiger partial charge in [-0.05, 0) is 32.4 Å². The van der Waals surface area contributed by atoms with Crippen molar-refractivity contribution in [1.82, 2.24) is 4.72 Å². The van der Waals surface area contributed by atoms with Gasteiger partial charge < -0.3 is 5.11 Å². The molecule has 0 fully saturated rings. The van der Waals surface area contributed by atoms with E-state index in [2.05, 4.69) is 4.72 Å². The lowest BCUT2D eigenvalue weighted by atomic mass is 10.2. The highest BCUT2D eigenvalue weighted by molar-refractivity contribution is 7.89. The Bertz CT molecular complexity index is 523. The van der Waals surface area contributed by atoms with Crippen molar-refractivity contribution in [1.29, 1.82) is 0 Å². The van der Waals surface area contributed by atoms with Crippen LogP contribution in [0.5, 0.6) is 0 Å². The highest BCUT2D eigenvalue weighted by Gasteiger charge is 2.14. The Balaban J connectivity index is 2.85. The van der Waals surface area contributed by atoms with Crippen molar-refractivity contribution in [3.8, 4) is 0 Å². The largest absolute Gasteiger partial charge is 0.393 e. The van der Waals surface area contributed by atoms with Gasteiger partial charge in [0.2, 0.25) is 10.0 Å². The highest BCUT2D eigenvalue weighted by Crippen LogP contribution is 2.12. The first-order chi connectivity index (χ1) is 8.33. The maximum absolute atomic E-state index is 11.9. The zero-order valence-electron chi connectivity index (χ0n) is 10.4. The number of sulfonamides is 1. The molecule has 1 atom stereocenters. The minimum absolute atomic E-state index is 0.0563. The van der Waals surface area contributed by atoms with Gasteiger partial charge >= 0.3 is 0 Å². The maximum atomic E-state index is 11.9. The van der Waals surface area contributed by atoms with Gasteiger partial charge in [-0.25, -0.2) is 13.1 Å². The zero-order chi connectivity index (χ0) is 13.8. The van der Waals surface area contributed by atoms with Crippen LogP contribution in [0.4, 0.5) is 0 Å². The van der Waals surface area contributed by atoms with Gasteiger partial charge in [-0.2, -0.15) is 0 Å². The highest BCUT2D eigenvalue weighted by atomic mass is 32.2. The molecule has 0 aliphatic carbocycles. The number of hydrogen-bond donors (Lipinski definition) is 2. The summed E-state index contributed by atoms with van der Waals surface area (Å²) in [6, 6.07) is 5.86. The second-order valence-corrected chi connectivity index (χ2v) is 5.89. The molecule has 0 spiro atoms. The van der Waals surface area contributed by atoms with Gasteiger partial charge in [0.15, 0.2) is 5.78 Å². The number of rotatable bonds is 6. The van der Waals surface area contributed by atoms with Crippen LogP contribution in [0.1, 0.15) is 30.6 Å². The van der Waals surface area contributed by atoms with Crippen LogP contribution < -0.4 is 4.72 Å². The van der Waals surface area contributed by atoms with Crippen molar-refractivity contribution in [2.24, 2.45) is 0 Å². The third kappa shape index (κ3) is 4.21. The monoisotopic (exact) mass is 271 g/mol. The number of carbonyl (C=O) groups is 1. The number of aliphatic hydroxyl groups is 1. The van der Waals surface area contributed by atoms with Crippen molar-refractivity contribution in [2.45, 2.75) is 31.3 Å². The normalized spacial score (nSPS) is 13.3. The van der Waals surface area contributed by atoms with Crippen LogP contribution >= 0.6 is 0 Å². The molecule has 0 heterocycles. The summed E-state index contributed by atoms with van der Waals surface area (Å²) in [4.78, 5) is 11.2. The quantitative estimate of drug-likeness (QED) is 0.754. The summed E-state index contributed by atoms with van der Waals surface area (Å²) in [5.74, 6) is -0.184. The van der Waals surface area contributed by atoms with Gasteiger partial charge in [0.1, 0.15) is 0 Å². The molecule has 1 aromatic carbocycles. The number of ketones is 1. The molecule has 100 valence electrons. The van der Waals surface area contributed by atoms with Gasteiger partial charge in [0.25, 0.3) is 0 Å². The lowest BCUT2D eigenvalue weighted by Gasteiger charge is -2.08. The molecular formula is C12H17NO4S. The Kier molecular flexibility index (Phi) is 5.01. The molecule has 0 aliphatic heterocycles. The summed E-state index contributed by atoms with van der Waals surface area (Å²) in [6.45, 7) is 3.13. The van der Waals surface area contributed by atoms with E-state index in [0.717, 1.165) is 0 Å². The van der Waals surface area contributed by atoms with Crippen LogP contribution in [-0.4, -0.2) is 32.0 Å². The van der Waals surface area contributed by atoms with Crippen molar-refractivity contribution >= 4 is 15.8 Å². The molecule has 0 radical (unpaired) electrons. The molecule has 0 aliphatic rings. The van der Waals surface area contributed by atoms with E-state index in [9.17, 15) is 13.2 Å². The van der Waals surface area contributed by atoms with E-state index < -0.39 is 16.1 Å². The summed E-state index contributed by atoms with van der Waals surface area (Å²) in [6.07, 6.45) is -0.220. The lowest BCUT2D eigenvalue weighted by Crippen LogP contribution is -2.26. The summed E-state index contributed by atoms with van der Waals surface area (Å²) in [7, 11) is -3.63. The number of Topliss-reactive ketones (excluding diaryl/α,β-unsaturated/α-hetero) is 1. The van der Waals surface area contributed by atoms with E-state index >= 15 is 0 Å². The molecule has 18 heavy (non-hydrogen) atoms. The molecule has 2 N–H and O–H groups in total. The minimum Gasteiger partial charge on any atom is -0.393 e. The van der Waals surface area contributed by atoms with Gasteiger partial charge in [0, 0.05) is 12.1 Å². The zero-order valence-corrected chi connectivity index (χ0v) is 11.2. The molecule has 0 bridgehead atoms. The van der Waals surface area contributed by atoms with Gasteiger partial charge in [-0.3, -0.25) is 4.79 Å². The SMILES string of the molecule is CC(=O)c1cccc(S(=O)(=O)NCCC(C)O)c1. The van der Waals surface area contributed by atoms with Crippen LogP contribution in [0.2, 0.25) is 0 Å². The third-order valence-corrected chi connectivity index (χ3v) is 3.86. The molecule has 0 saturated heterocycles. The fraction of sp³-hybridized carbons (Fsp3) is 0.417. The van der Waals surface area contributed by atoms with E-state index in [-0.39, 0.29) is 17.2 Å². The molecule has 1 rings (SSSR count). The summed E-state index contributed by atoms with van der Waals surface area (Å²) in [5.41, 5.74) is 0.355. The Morgan fingerprint density at radius 2 is 2.11 bits per heavy atom. The van der Waals surface area contributed by atoms with Crippen molar-refractivity contribution in [3.05, 3.63) is 29.8 Å². The average Bonchev–Trinajstić information content (AvgIpc) is 2.28. The Morgan fingerprint density at radius 3 is 2.67 bits per heavy atom. The molecule has 0 saturated carbocycles. The van der Waals surface area contributed by atoms with Gasteiger partial charge in [-0.15, -0.1) is 0 Å². The lowest BCUT2D eigenvalue weighted by molar-refractivity contribution is 0.101. The predicted molar refractivity (Wildman–Crippen MR) is 67.9 cm³/mol. The molecule has 0 amide bonds. The van der Waals surface area contributed by atoms with E-state index in [4.69, 9.17) is 5.11 Å². The predicted octanol–water partition coefficient (Wildman–Crippen LogP) is 0.938. The summed E-state index contributed by atoms with van der Waals surface area (Å²) in [5, 5.41) is 9.06. The number of hydrogen-bond acceptors (Lipinski definition) is 4. The second kappa shape index (κ2) is 6.08.